The monoisotopic (exact) mass is 264 g/mol. The van der Waals surface area contributed by atoms with E-state index in [0.29, 0.717) is 23.4 Å². The lowest BCUT2D eigenvalue weighted by Crippen LogP contribution is -2.40. The van der Waals surface area contributed by atoms with Gasteiger partial charge in [-0.1, -0.05) is 6.07 Å². The molecular weight excluding hydrogens is 248 g/mol. The van der Waals surface area contributed by atoms with Crippen LogP contribution in [-0.2, 0) is 0 Å². The standard InChI is InChI=1S/C13H16N2O2S/c1-13(2,18-3)7-15-11(16)8-5-4-6-9(14)10(8)12(15)17/h4-6H,7,14H2,1-3H3. The van der Waals surface area contributed by atoms with Gasteiger partial charge in [-0.05, 0) is 32.2 Å². The summed E-state index contributed by atoms with van der Waals surface area (Å²) >= 11 is 1.62. The zero-order chi connectivity index (χ0) is 13.5. The molecule has 5 heteroatoms. The molecule has 1 aliphatic heterocycles. The van der Waals surface area contributed by atoms with Gasteiger partial charge in [0.2, 0.25) is 0 Å². The Morgan fingerprint density at radius 1 is 1.28 bits per heavy atom. The quantitative estimate of drug-likeness (QED) is 0.670. The van der Waals surface area contributed by atoms with E-state index in [1.165, 1.54) is 4.90 Å². The number of hydrogen-bond donors (Lipinski definition) is 1. The molecule has 0 atom stereocenters. The zero-order valence-corrected chi connectivity index (χ0v) is 11.5. The maximum Gasteiger partial charge on any atom is 0.263 e. The molecule has 0 unspecified atom stereocenters. The number of carbonyl (C=O) groups excluding carboxylic acids is 2. The summed E-state index contributed by atoms with van der Waals surface area (Å²) in [6.07, 6.45) is 1.96. The second kappa shape index (κ2) is 4.31. The van der Waals surface area contributed by atoms with Gasteiger partial charge in [0.05, 0.1) is 11.1 Å². The highest BCUT2D eigenvalue weighted by Gasteiger charge is 2.39. The molecule has 96 valence electrons. The Kier molecular flexibility index (Phi) is 3.11. The smallest absolute Gasteiger partial charge is 0.263 e. The van der Waals surface area contributed by atoms with Crippen molar-refractivity contribution in [2.45, 2.75) is 18.6 Å². The van der Waals surface area contributed by atoms with Gasteiger partial charge in [-0.2, -0.15) is 11.8 Å². The molecule has 0 aromatic heterocycles. The lowest BCUT2D eigenvalue weighted by molar-refractivity contribution is 0.0644. The van der Waals surface area contributed by atoms with Crippen molar-refractivity contribution < 1.29 is 9.59 Å². The van der Waals surface area contributed by atoms with Crippen LogP contribution in [0, 0.1) is 0 Å². The number of amides is 2. The summed E-state index contributed by atoms with van der Waals surface area (Å²) in [6.45, 7) is 4.40. The highest BCUT2D eigenvalue weighted by Crippen LogP contribution is 2.31. The van der Waals surface area contributed by atoms with Crippen molar-refractivity contribution in [2.24, 2.45) is 0 Å². The molecule has 0 aliphatic carbocycles. The largest absolute Gasteiger partial charge is 0.398 e. The summed E-state index contributed by atoms with van der Waals surface area (Å²) < 4.78 is -0.165. The van der Waals surface area contributed by atoms with Gasteiger partial charge in [-0.25, -0.2) is 0 Å². The Morgan fingerprint density at radius 3 is 2.50 bits per heavy atom. The van der Waals surface area contributed by atoms with E-state index in [1.807, 2.05) is 20.1 Å². The molecule has 2 amide bonds. The number of nitrogens with two attached hydrogens (primary N) is 1. The number of carbonyl (C=O) groups is 2. The predicted molar refractivity (Wildman–Crippen MR) is 73.8 cm³/mol. The number of imide groups is 1. The van der Waals surface area contributed by atoms with Crippen molar-refractivity contribution in [3.63, 3.8) is 0 Å². The molecule has 18 heavy (non-hydrogen) atoms. The Morgan fingerprint density at radius 2 is 1.94 bits per heavy atom. The lowest BCUT2D eigenvalue weighted by atomic mass is 10.1. The molecule has 2 rings (SSSR count). The number of fused-ring (bicyclic) bond motifs is 1. The highest BCUT2D eigenvalue weighted by atomic mass is 32.2. The van der Waals surface area contributed by atoms with Gasteiger partial charge >= 0.3 is 0 Å². The second-order valence-electron chi connectivity index (χ2n) is 4.93. The van der Waals surface area contributed by atoms with Gasteiger partial charge in [0, 0.05) is 17.0 Å². The average molecular weight is 264 g/mol. The van der Waals surface area contributed by atoms with E-state index in [1.54, 1.807) is 30.0 Å². The van der Waals surface area contributed by atoms with E-state index in [9.17, 15) is 9.59 Å². The molecule has 1 aliphatic rings. The van der Waals surface area contributed by atoms with Gasteiger partial charge in [0.15, 0.2) is 0 Å². The number of anilines is 1. The fourth-order valence-electron chi connectivity index (χ4n) is 1.95. The van der Waals surface area contributed by atoms with Crippen LogP contribution in [0.5, 0.6) is 0 Å². The van der Waals surface area contributed by atoms with Gasteiger partial charge in [0.1, 0.15) is 0 Å². The Balaban J connectivity index is 2.38. The summed E-state index contributed by atoms with van der Waals surface area (Å²) in [6, 6.07) is 4.99. The van der Waals surface area contributed by atoms with Crippen LogP contribution in [0.15, 0.2) is 18.2 Å². The normalized spacial score (nSPS) is 15.2. The topological polar surface area (TPSA) is 63.4 Å². The first-order chi connectivity index (χ1) is 8.37. The molecule has 2 N–H and O–H groups in total. The first-order valence-corrected chi connectivity index (χ1v) is 6.90. The molecule has 0 radical (unpaired) electrons. The first kappa shape index (κ1) is 13.0. The minimum absolute atomic E-state index is 0.165. The minimum atomic E-state index is -0.282. The summed E-state index contributed by atoms with van der Waals surface area (Å²) in [7, 11) is 0. The Labute approximate surface area is 111 Å². The third-order valence-electron chi connectivity index (χ3n) is 3.12. The predicted octanol–water partition coefficient (Wildman–Crippen LogP) is 2.01. The maximum absolute atomic E-state index is 12.2. The van der Waals surface area contributed by atoms with Crippen LogP contribution in [-0.4, -0.2) is 34.3 Å². The molecule has 1 aromatic carbocycles. The fraction of sp³-hybridized carbons (Fsp3) is 0.385. The number of nitrogens with zero attached hydrogens (tertiary/aromatic N) is 1. The third-order valence-corrected chi connectivity index (χ3v) is 4.36. The third kappa shape index (κ3) is 1.99. The van der Waals surface area contributed by atoms with E-state index >= 15 is 0 Å². The Bertz CT molecular complexity index is 526. The van der Waals surface area contributed by atoms with Crippen LogP contribution < -0.4 is 5.73 Å². The van der Waals surface area contributed by atoms with Crippen LogP contribution in [0.2, 0.25) is 0 Å². The van der Waals surface area contributed by atoms with E-state index < -0.39 is 0 Å². The maximum atomic E-state index is 12.2. The summed E-state index contributed by atoms with van der Waals surface area (Å²) in [5.41, 5.74) is 6.91. The van der Waals surface area contributed by atoms with E-state index in [-0.39, 0.29) is 16.6 Å². The number of hydrogen-bond acceptors (Lipinski definition) is 4. The van der Waals surface area contributed by atoms with Crippen molar-refractivity contribution >= 4 is 29.3 Å². The first-order valence-electron chi connectivity index (χ1n) is 5.67. The fourth-order valence-corrected chi connectivity index (χ4v) is 2.21. The van der Waals surface area contributed by atoms with Crippen molar-refractivity contribution in [3.05, 3.63) is 29.3 Å². The van der Waals surface area contributed by atoms with Gasteiger partial charge < -0.3 is 5.73 Å². The molecule has 0 spiro atoms. The summed E-state index contributed by atoms with van der Waals surface area (Å²) in [5, 5.41) is 0. The highest BCUT2D eigenvalue weighted by molar-refractivity contribution is 7.99. The van der Waals surface area contributed by atoms with Crippen LogP contribution in [0.25, 0.3) is 0 Å². The molecule has 0 saturated carbocycles. The number of benzene rings is 1. The van der Waals surface area contributed by atoms with Gasteiger partial charge in [-0.15, -0.1) is 0 Å². The van der Waals surface area contributed by atoms with Gasteiger partial charge in [-0.3, -0.25) is 14.5 Å². The minimum Gasteiger partial charge on any atom is -0.398 e. The van der Waals surface area contributed by atoms with Crippen LogP contribution in [0.3, 0.4) is 0 Å². The molecule has 1 heterocycles. The van der Waals surface area contributed by atoms with Crippen molar-refractivity contribution in [3.8, 4) is 0 Å². The lowest BCUT2D eigenvalue weighted by Gasteiger charge is -2.27. The van der Waals surface area contributed by atoms with Crippen molar-refractivity contribution in [2.75, 3.05) is 18.5 Å². The molecule has 4 nitrogen and oxygen atoms in total. The number of rotatable bonds is 3. The molecular formula is C13H16N2O2S. The van der Waals surface area contributed by atoms with Crippen molar-refractivity contribution in [1.29, 1.82) is 0 Å². The second-order valence-corrected chi connectivity index (χ2v) is 6.44. The Hall–Kier alpha value is -1.49. The molecule has 1 aromatic rings. The molecule has 0 fully saturated rings. The van der Waals surface area contributed by atoms with E-state index in [2.05, 4.69) is 0 Å². The zero-order valence-electron chi connectivity index (χ0n) is 10.7. The van der Waals surface area contributed by atoms with Crippen LogP contribution in [0.1, 0.15) is 34.6 Å². The van der Waals surface area contributed by atoms with E-state index in [4.69, 9.17) is 5.73 Å². The van der Waals surface area contributed by atoms with Gasteiger partial charge in [0.25, 0.3) is 11.8 Å². The average Bonchev–Trinajstić information content (AvgIpc) is 2.55. The summed E-state index contributed by atoms with van der Waals surface area (Å²) in [4.78, 5) is 25.7. The van der Waals surface area contributed by atoms with Crippen LogP contribution in [0.4, 0.5) is 5.69 Å². The molecule has 0 saturated heterocycles. The number of thioether (sulfide) groups is 1. The molecule has 0 bridgehead atoms. The number of nitrogen functional groups attached to an aromatic ring is 1. The van der Waals surface area contributed by atoms with Crippen LogP contribution >= 0.6 is 11.8 Å². The van der Waals surface area contributed by atoms with E-state index in [0.717, 1.165) is 0 Å². The summed E-state index contributed by atoms with van der Waals surface area (Å²) in [5.74, 6) is -0.528. The van der Waals surface area contributed by atoms with Crippen molar-refractivity contribution in [1.82, 2.24) is 4.90 Å². The SMILES string of the molecule is CSC(C)(C)CN1C(=O)c2cccc(N)c2C1=O.